The summed E-state index contributed by atoms with van der Waals surface area (Å²) >= 11 is 0. The predicted molar refractivity (Wildman–Crippen MR) is 49.6 cm³/mol. The fourth-order valence-corrected chi connectivity index (χ4v) is 1.45. The van der Waals surface area contributed by atoms with Crippen molar-refractivity contribution in [1.82, 2.24) is 0 Å². The van der Waals surface area contributed by atoms with E-state index in [2.05, 4.69) is 0 Å². The van der Waals surface area contributed by atoms with Gasteiger partial charge in [-0.05, 0) is 20.3 Å². The Bertz CT molecular complexity index is 257. The van der Waals surface area contributed by atoms with E-state index < -0.39 is 23.6 Å². The summed E-state index contributed by atoms with van der Waals surface area (Å²) in [5.41, 5.74) is -1.11. The lowest BCUT2D eigenvalue weighted by Gasteiger charge is -2.35. The fourth-order valence-electron chi connectivity index (χ4n) is 1.45. The van der Waals surface area contributed by atoms with Gasteiger partial charge in [0.2, 0.25) is 5.78 Å². The van der Waals surface area contributed by atoms with Crippen LogP contribution in [0.15, 0.2) is 0 Å². The van der Waals surface area contributed by atoms with Crippen LogP contribution in [0.5, 0.6) is 0 Å². The van der Waals surface area contributed by atoms with Gasteiger partial charge >= 0.3 is 5.97 Å². The molecule has 0 spiro atoms. The molecule has 80 valence electrons. The van der Waals surface area contributed by atoms with Crippen LogP contribution >= 0.6 is 0 Å². The monoisotopic (exact) mass is 200 g/mol. The van der Waals surface area contributed by atoms with E-state index in [0.717, 1.165) is 6.42 Å². The van der Waals surface area contributed by atoms with Crippen LogP contribution < -0.4 is 0 Å². The zero-order chi connectivity index (χ0) is 10.9. The van der Waals surface area contributed by atoms with Gasteiger partial charge in [0, 0.05) is 0 Å². The predicted octanol–water partition coefficient (Wildman–Crippen LogP) is 0.668. The van der Waals surface area contributed by atoms with Gasteiger partial charge in [-0.3, -0.25) is 9.59 Å². The molecule has 0 aromatic rings. The summed E-state index contributed by atoms with van der Waals surface area (Å²) in [7, 11) is 0. The first-order valence-electron chi connectivity index (χ1n) is 4.84. The highest BCUT2D eigenvalue weighted by Gasteiger charge is 2.49. The van der Waals surface area contributed by atoms with Crippen molar-refractivity contribution >= 4 is 11.8 Å². The van der Waals surface area contributed by atoms with Crippen molar-refractivity contribution in [3.8, 4) is 0 Å². The quantitative estimate of drug-likeness (QED) is 0.665. The molecule has 0 aliphatic carbocycles. The molecule has 14 heavy (non-hydrogen) atoms. The molecule has 0 bridgehead atoms. The van der Waals surface area contributed by atoms with Crippen molar-refractivity contribution in [2.24, 2.45) is 5.41 Å². The molecule has 0 amide bonds. The zero-order valence-electron chi connectivity index (χ0n) is 8.74. The topological polar surface area (TPSA) is 63.6 Å². The highest BCUT2D eigenvalue weighted by Crippen LogP contribution is 2.30. The van der Waals surface area contributed by atoms with Crippen LogP contribution in [0.2, 0.25) is 0 Å². The Morgan fingerprint density at radius 2 is 2.00 bits per heavy atom. The van der Waals surface area contributed by atoms with Gasteiger partial charge in [-0.1, -0.05) is 13.3 Å². The Morgan fingerprint density at radius 3 is 2.50 bits per heavy atom. The van der Waals surface area contributed by atoms with Crippen molar-refractivity contribution in [3.05, 3.63) is 0 Å². The van der Waals surface area contributed by atoms with E-state index in [-0.39, 0.29) is 5.78 Å². The van der Waals surface area contributed by atoms with E-state index in [1.807, 2.05) is 6.92 Å². The summed E-state index contributed by atoms with van der Waals surface area (Å²) in [6.07, 6.45) is -0.759. The fraction of sp³-hybridized carbons (Fsp3) is 0.800. The third kappa shape index (κ3) is 1.66. The van der Waals surface area contributed by atoms with Crippen molar-refractivity contribution in [1.29, 1.82) is 0 Å². The van der Waals surface area contributed by atoms with Crippen LogP contribution in [-0.2, 0) is 14.3 Å². The third-order valence-electron chi connectivity index (χ3n) is 2.60. The van der Waals surface area contributed by atoms with Gasteiger partial charge in [0.25, 0.3) is 0 Å². The smallest absolute Gasteiger partial charge is 0.315 e. The second-order valence-electron chi connectivity index (χ2n) is 4.21. The standard InChI is InChI=1S/C10H16O4/c1-4-5-6-7(11)8(12)10(2,3)9(13)14-6/h6,8,12H,4-5H2,1-3H3. The number of cyclic esters (lactones) is 1. The largest absolute Gasteiger partial charge is 0.454 e. The Kier molecular flexibility index (Phi) is 2.95. The molecule has 1 heterocycles. The Labute approximate surface area is 83.2 Å². The highest BCUT2D eigenvalue weighted by atomic mass is 16.6. The first-order valence-corrected chi connectivity index (χ1v) is 4.84. The zero-order valence-corrected chi connectivity index (χ0v) is 8.74. The number of ketones is 1. The molecule has 1 aliphatic rings. The molecular formula is C10H16O4. The minimum absolute atomic E-state index is 0.378. The van der Waals surface area contributed by atoms with E-state index in [1.165, 1.54) is 13.8 Å². The van der Waals surface area contributed by atoms with E-state index in [1.54, 1.807) is 0 Å². The molecule has 2 unspecified atom stereocenters. The molecule has 1 rings (SSSR count). The van der Waals surface area contributed by atoms with Gasteiger partial charge in [0.15, 0.2) is 6.10 Å². The Balaban J connectivity index is 2.84. The highest BCUT2D eigenvalue weighted by molar-refractivity contribution is 5.98. The number of Topliss-reactive ketones (excluding diaryl/α,β-unsaturated/α-hetero) is 1. The number of hydrogen-bond donors (Lipinski definition) is 1. The maximum Gasteiger partial charge on any atom is 0.315 e. The van der Waals surface area contributed by atoms with Crippen LogP contribution in [0.25, 0.3) is 0 Å². The summed E-state index contributed by atoms with van der Waals surface area (Å²) in [4.78, 5) is 23.0. The minimum Gasteiger partial charge on any atom is -0.454 e. The van der Waals surface area contributed by atoms with E-state index in [9.17, 15) is 14.7 Å². The first-order chi connectivity index (χ1) is 6.41. The summed E-state index contributed by atoms with van der Waals surface area (Å²) in [6, 6.07) is 0. The third-order valence-corrected chi connectivity index (χ3v) is 2.60. The Morgan fingerprint density at radius 1 is 1.43 bits per heavy atom. The van der Waals surface area contributed by atoms with Crippen LogP contribution in [-0.4, -0.2) is 29.1 Å². The molecule has 4 heteroatoms. The lowest BCUT2D eigenvalue weighted by molar-refractivity contribution is -0.186. The lowest BCUT2D eigenvalue weighted by Crippen LogP contribution is -2.54. The van der Waals surface area contributed by atoms with Gasteiger partial charge < -0.3 is 9.84 Å². The van der Waals surface area contributed by atoms with Gasteiger partial charge in [-0.15, -0.1) is 0 Å². The number of ether oxygens (including phenoxy) is 1. The van der Waals surface area contributed by atoms with Crippen molar-refractivity contribution < 1.29 is 19.4 Å². The molecule has 0 aromatic carbocycles. The molecule has 0 saturated carbocycles. The summed E-state index contributed by atoms with van der Waals surface area (Å²) in [6.45, 7) is 4.92. The summed E-state index contributed by atoms with van der Waals surface area (Å²) < 4.78 is 4.98. The minimum atomic E-state index is -1.24. The van der Waals surface area contributed by atoms with E-state index >= 15 is 0 Å². The Hall–Kier alpha value is -0.900. The SMILES string of the molecule is CCCC1OC(=O)C(C)(C)C(O)C1=O. The molecular weight excluding hydrogens is 184 g/mol. The second-order valence-corrected chi connectivity index (χ2v) is 4.21. The molecule has 1 N–H and O–H groups in total. The van der Waals surface area contributed by atoms with Gasteiger partial charge in [-0.25, -0.2) is 0 Å². The number of esters is 1. The number of carbonyl (C=O) groups is 2. The van der Waals surface area contributed by atoms with Crippen LogP contribution in [0, 0.1) is 5.41 Å². The molecule has 1 fully saturated rings. The molecule has 0 aromatic heterocycles. The maximum atomic E-state index is 11.5. The normalized spacial score (nSPS) is 31.4. The molecule has 1 aliphatic heterocycles. The van der Waals surface area contributed by atoms with Gasteiger partial charge in [-0.2, -0.15) is 0 Å². The maximum absolute atomic E-state index is 11.5. The van der Waals surface area contributed by atoms with E-state index in [4.69, 9.17) is 4.74 Å². The number of rotatable bonds is 2. The number of carbonyl (C=O) groups excluding carboxylic acids is 2. The molecule has 2 atom stereocenters. The van der Waals surface area contributed by atoms with E-state index in [0.29, 0.717) is 6.42 Å². The number of aliphatic hydroxyl groups excluding tert-OH is 1. The van der Waals surface area contributed by atoms with Crippen molar-refractivity contribution in [2.45, 2.75) is 45.8 Å². The summed E-state index contributed by atoms with van der Waals surface area (Å²) in [5.74, 6) is -0.875. The van der Waals surface area contributed by atoms with Crippen molar-refractivity contribution in [2.75, 3.05) is 0 Å². The van der Waals surface area contributed by atoms with Gasteiger partial charge in [0.1, 0.15) is 6.10 Å². The molecule has 1 saturated heterocycles. The average Bonchev–Trinajstić information content (AvgIpc) is 2.12. The number of aliphatic hydroxyl groups is 1. The summed E-state index contributed by atoms with van der Waals surface area (Å²) in [5, 5.41) is 9.62. The first kappa shape index (κ1) is 11.2. The lowest BCUT2D eigenvalue weighted by atomic mass is 9.80. The van der Waals surface area contributed by atoms with Crippen LogP contribution in [0.4, 0.5) is 0 Å². The van der Waals surface area contributed by atoms with Crippen LogP contribution in [0.3, 0.4) is 0 Å². The van der Waals surface area contributed by atoms with Gasteiger partial charge in [0.05, 0.1) is 5.41 Å². The second kappa shape index (κ2) is 3.69. The van der Waals surface area contributed by atoms with Crippen molar-refractivity contribution in [3.63, 3.8) is 0 Å². The molecule has 4 nitrogen and oxygen atoms in total. The number of hydrogen-bond acceptors (Lipinski definition) is 4. The molecule has 0 radical (unpaired) electrons. The van der Waals surface area contributed by atoms with Crippen LogP contribution in [0.1, 0.15) is 33.6 Å². The average molecular weight is 200 g/mol.